The third kappa shape index (κ3) is 3.39. The lowest BCUT2D eigenvalue weighted by Crippen LogP contribution is -2.36. The van der Waals surface area contributed by atoms with Crippen LogP contribution in [0.1, 0.15) is 12.0 Å². The number of amides is 2. The highest BCUT2D eigenvalue weighted by Crippen LogP contribution is 2.34. The molecule has 1 saturated heterocycles. The highest BCUT2D eigenvalue weighted by molar-refractivity contribution is 7.89. The minimum Gasteiger partial charge on any atom is -0.312 e. The van der Waals surface area contributed by atoms with E-state index in [-0.39, 0.29) is 29.7 Å². The molecule has 0 spiro atoms. The van der Waals surface area contributed by atoms with Gasteiger partial charge in [-0.15, -0.1) is 0 Å². The SMILES string of the molecule is NS(=O)(=O)c1cccc(N2CC(C(=O)N3CCc4ccc(Cl)cc43)CC2=O)c1. The first-order chi connectivity index (χ1) is 13.2. The molecule has 28 heavy (non-hydrogen) atoms. The summed E-state index contributed by atoms with van der Waals surface area (Å²) in [5.74, 6) is -0.856. The van der Waals surface area contributed by atoms with Gasteiger partial charge in [0.2, 0.25) is 21.8 Å². The number of halogens is 1. The third-order valence-electron chi connectivity index (χ3n) is 5.14. The van der Waals surface area contributed by atoms with Gasteiger partial charge in [-0.2, -0.15) is 0 Å². The van der Waals surface area contributed by atoms with Crippen molar-refractivity contribution in [1.29, 1.82) is 0 Å². The lowest BCUT2D eigenvalue weighted by atomic mass is 10.1. The summed E-state index contributed by atoms with van der Waals surface area (Å²) >= 11 is 6.07. The second kappa shape index (κ2) is 6.88. The molecule has 2 aliphatic rings. The molecule has 0 aliphatic carbocycles. The molecule has 2 aliphatic heterocycles. The minimum atomic E-state index is -3.88. The molecule has 146 valence electrons. The number of sulfonamides is 1. The van der Waals surface area contributed by atoms with Crippen LogP contribution in [0.15, 0.2) is 47.4 Å². The lowest BCUT2D eigenvalue weighted by molar-refractivity contribution is -0.124. The summed E-state index contributed by atoms with van der Waals surface area (Å²) in [6.45, 7) is 0.748. The molecule has 0 radical (unpaired) electrons. The fraction of sp³-hybridized carbons (Fsp3) is 0.263. The Labute approximate surface area is 167 Å². The van der Waals surface area contributed by atoms with Gasteiger partial charge in [0.15, 0.2) is 0 Å². The molecule has 0 bridgehead atoms. The molecule has 9 heteroatoms. The molecule has 1 unspecified atom stereocenters. The number of benzene rings is 2. The number of hydrogen-bond donors (Lipinski definition) is 1. The largest absolute Gasteiger partial charge is 0.312 e. The van der Waals surface area contributed by atoms with Gasteiger partial charge >= 0.3 is 0 Å². The number of fused-ring (bicyclic) bond motifs is 1. The van der Waals surface area contributed by atoms with E-state index >= 15 is 0 Å². The van der Waals surface area contributed by atoms with E-state index in [0.29, 0.717) is 17.3 Å². The summed E-state index contributed by atoms with van der Waals surface area (Å²) in [6, 6.07) is 11.4. The number of carbonyl (C=O) groups is 2. The zero-order chi connectivity index (χ0) is 20.1. The van der Waals surface area contributed by atoms with Crippen molar-refractivity contribution in [2.24, 2.45) is 11.1 Å². The van der Waals surface area contributed by atoms with Gasteiger partial charge in [0.25, 0.3) is 0 Å². The first-order valence-corrected chi connectivity index (χ1v) is 10.7. The standard InChI is InChI=1S/C19H18ClN3O4S/c20-14-5-4-12-6-7-22(17(12)9-14)19(25)13-8-18(24)23(11-13)15-2-1-3-16(10-15)28(21,26)27/h1-5,9-10,13H,6-8,11H2,(H2,21,26,27). The number of primary sulfonamides is 1. The van der Waals surface area contributed by atoms with Crippen LogP contribution in [0.4, 0.5) is 11.4 Å². The van der Waals surface area contributed by atoms with Gasteiger partial charge in [0.1, 0.15) is 0 Å². The van der Waals surface area contributed by atoms with Crippen LogP contribution in [0.2, 0.25) is 5.02 Å². The summed E-state index contributed by atoms with van der Waals surface area (Å²) in [5.41, 5.74) is 2.26. The van der Waals surface area contributed by atoms with E-state index in [2.05, 4.69) is 0 Å². The summed E-state index contributed by atoms with van der Waals surface area (Å²) in [6.07, 6.45) is 0.823. The first kappa shape index (κ1) is 18.9. The van der Waals surface area contributed by atoms with Gasteiger partial charge in [0.05, 0.1) is 10.8 Å². The number of hydrogen-bond acceptors (Lipinski definition) is 4. The predicted octanol–water partition coefficient (Wildman–Crippen LogP) is 1.93. The lowest BCUT2D eigenvalue weighted by Gasteiger charge is -2.22. The van der Waals surface area contributed by atoms with Crippen molar-refractivity contribution in [2.45, 2.75) is 17.7 Å². The van der Waals surface area contributed by atoms with E-state index in [4.69, 9.17) is 16.7 Å². The quantitative estimate of drug-likeness (QED) is 0.821. The van der Waals surface area contributed by atoms with Crippen molar-refractivity contribution in [3.8, 4) is 0 Å². The monoisotopic (exact) mass is 419 g/mol. The zero-order valence-electron chi connectivity index (χ0n) is 14.8. The molecular weight excluding hydrogens is 402 g/mol. The molecule has 0 saturated carbocycles. The van der Waals surface area contributed by atoms with Crippen LogP contribution in [0.5, 0.6) is 0 Å². The Morgan fingerprint density at radius 1 is 1.18 bits per heavy atom. The minimum absolute atomic E-state index is 0.0734. The Kier molecular flexibility index (Phi) is 4.65. The van der Waals surface area contributed by atoms with Crippen LogP contribution in [-0.4, -0.2) is 33.3 Å². The molecule has 2 N–H and O–H groups in total. The fourth-order valence-corrected chi connectivity index (χ4v) is 4.47. The van der Waals surface area contributed by atoms with E-state index in [0.717, 1.165) is 17.7 Å². The van der Waals surface area contributed by atoms with E-state index in [9.17, 15) is 18.0 Å². The molecule has 2 amide bonds. The highest BCUT2D eigenvalue weighted by atomic mass is 35.5. The van der Waals surface area contributed by atoms with Gasteiger partial charge in [-0.1, -0.05) is 23.7 Å². The zero-order valence-corrected chi connectivity index (χ0v) is 16.4. The smallest absolute Gasteiger partial charge is 0.238 e. The Bertz CT molecular complexity index is 1090. The third-order valence-corrected chi connectivity index (χ3v) is 6.29. The normalized spacial score (nSPS) is 19.2. The highest BCUT2D eigenvalue weighted by Gasteiger charge is 2.39. The molecular formula is C19H18ClN3O4S. The van der Waals surface area contributed by atoms with Crippen molar-refractivity contribution in [3.05, 3.63) is 53.1 Å². The van der Waals surface area contributed by atoms with Crippen LogP contribution < -0.4 is 14.9 Å². The Hall–Kier alpha value is -2.42. The van der Waals surface area contributed by atoms with E-state index < -0.39 is 15.9 Å². The second-order valence-corrected chi connectivity index (χ2v) is 8.96. The van der Waals surface area contributed by atoms with Crippen molar-refractivity contribution in [3.63, 3.8) is 0 Å². The van der Waals surface area contributed by atoms with E-state index in [1.165, 1.54) is 23.1 Å². The number of nitrogens with zero attached hydrogens (tertiary/aromatic N) is 2. The maximum Gasteiger partial charge on any atom is 0.238 e. The molecule has 7 nitrogen and oxygen atoms in total. The molecule has 4 rings (SSSR count). The van der Waals surface area contributed by atoms with Crippen molar-refractivity contribution in [1.82, 2.24) is 0 Å². The molecule has 1 fully saturated rings. The van der Waals surface area contributed by atoms with Crippen molar-refractivity contribution < 1.29 is 18.0 Å². The van der Waals surface area contributed by atoms with E-state index in [1.54, 1.807) is 23.1 Å². The van der Waals surface area contributed by atoms with Gasteiger partial charge in [-0.05, 0) is 42.3 Å². The predicted molar refractivity (Wildman–Crippen MR) is 106 cm³/mol. The van der Waals surface area contributed by atoms with Crippen molar-refractivity contribution >= 4 is 44.8 Å². The van der Waals surface area contributed by atoms with E-state index in [1.807, 2.05) is 6.07 Å². The van der Waals surface area contributed by atoms with Crippen LogP contribution in [0.3, 0.4) is 0 Å². The van der Waals surface area contributed by atoms with Crippen LogP contribution in [0.25, 0.3) is 0 Å². The Morgan fingerprint density at radius 2 is 1.96 bits per heavy atom. The number of rotatable bonds is 3. The molecule has 2 aromatic carbocycles. The fourth-order valence-electron chi connectivity index (χ4n) is 3.75. The number of nitrogens with two attached hydrogens (primary N) is 1. The Balaban J connectivity index is 1.56. The van der Waals surface area contributed by atoms with Crippen LogP contribution in [-0.2, 0) is 26.0 Å². The number of carbonyl (C=O) groups excluding carboxylic acids is 2. The molecule has 1 atom stereocenters. The molecule has 2 heterocycles. The average Bonchev–Trinajstić information content (AvgIpc) is 3.24. The van der Waals surface area contributed by atoms with Gasteiger partial charge in [0, 0.05) is 35.9 Å². The van der Waals surface area contributed by atoms with Crippen molar-refractivity contribution in [2.75, 3.05) is 22.9 Å². The maximum absolute atomic E-state index is 13.1. The van der Waals surface area contributed by atoms with Gasteiger partial charge in [-0.25, -0.2) is 13.6 Å². The summed E-state index contributed by atoms with van der Waals surface area (Å²) < 4.78 is 23.2. The molecule has 0 aromatic heterocycles. The number of anilines is 2. The van der Waals surface area contributed by atoms with Gasteiger partial charge in [-0.3, -0.25) is 9.59 Å². The van der Waals surface area contributed by atoms with Crippen LogP contribution >= 0.6 is 11.6 Å². The summed E-state index contributed by atoms with van der Waals surface area (Å²) in [4.78, 5) is 28.6. The average molecular weight is 420 g/mol. The maximum atomic E-state index is 13.1. The van der Waals surface area contributed by atoms with Crippen LogP contribution in [0, 0.1) is 5.92 Å². The molecule has 2 aromatic rings. The topological polar surface area (TPSA) is 101 Å². The summed E-state index contributed by atoms with van der Waals surface area (Å²) in [7, 11) is -3.88. The first-order valence-electron chi connectivity index (χ1n) is 8.77. The summed E-state index contributed by atoms with van der Waals surface area (Å²) in [5, 5.41) is 5.73. The van der Waals surface area contributed by atoms with Gasteiger partial charge < -0.3 is 9.80 Å². The Morgan fingerprint density at radius 3 is 2.71 bits per heavy atom. The second-order valence-electron chi connectivity index (χ2n) is 6.96.